The SMILES string of the molecule is NCCNC(=O)[C@H](CC1CCCCC1)NC(=O)c1ccc(CNc2cc(Cl)ccn2)s1. The molecule has 2 aromatic heterocycles. The molecule has 2 amide bonds. The molecule has 1 atom stereocenters. The van der Waals surface area contributed by atoms with Crippen LogP contribution in [0.4, 0.5) is 5.82 Å². The summed E-state index contributed by atoms with van der Waals surface area (Å²) < 4.78 is 0. The third kappa shape index (κ3) is 7.48. The Morgan fingerprint density at radius 1 is 1.23 bits per heavy atom. The minimum atomic E-state index is -0.540. The van der Waals surface area contributed by atoms with Gasteiger partial charge in [0, 0.05) is 29.2 Å². The highest BCUT2D eigenvalue weighted by molar-refractivity contribution is 7.14. The van der Waals surface area contributed by atoms with Crippen LogP contribution in [0.5, 0.6) is 0 Å². The van der Waals surface area contributed by atoms with E-state index in [1.54, 1.807) is 24.4 Å². The van der Waals surface area contributed by atoms with Crippen molar-refractivity contribution in [2.45, 2.75) is 51.1 Å². The zero-order chi connectivity index (χ0) is 22.1. The van der Waals surface area contributed by atoms with E-state index in [0.29, 0.717) is 47.7 Å². The van der Waals surface area contributed by atoms with Gasteiger partial charge in [0.1, 0.15) is 11.9 Å². The number of rotatable bonds is 10. The Hall–Kier alpha value is -2.16. The van der Waals surface area contributed by atoms with Crippen molar-refractivity contribution in [3.05, 3.63) is 45.2 Å². The molecule has 31 heavy (non-hydrogen) atoms. The Bertz CT molecular complexity index is 869. The van der Waals surface area contributed by atoms with Gasteiger partial charge in [0.25, 0.3) is 5.91 Å². The van der Waals surface area contributed by atoms with Crippen molar-refractivity contribution < 1.29 is 9.59 Å². The number of aromatic nitrogens is 1. The van der Waals surface area contributed by atoms with Gasteiger partial charge in [-0.25, -0.2) is 4.98 Å². The summed E-state index contributed by atoms with van der Waals surface area (Å²) in [5.74, 6) is 0.766. The summed E-state index contributed by atoms with van der Waals surface area (Å²) in [5, 5.41) is 9.59. The molecule has 168 valence electrons. The van der Waals surface area contributed by atoms with Gasteiger partial charge in [0.05, 0.1) is 11.4 Å². The van der Waals surface area contributed by atoms with Crippen LogP contribution < -0.4 is 21.7 Å². The van der Waals surface area contributed by atoms with E-state index >= 15 is 0 Å². The lowest BCUT2D eigenvalue weighted by Crippen LogP contribution is -2.48. The average Bonchev–Trinajstić information content (AvgIpc) is 3.25. The zero-order valence-corrected chi connectivity index (χ0v) is 19.1. The Balaban J connectivity index is 1.58. The van der Waals surface area contributed by atoms with E-state index in [4.69, 9.17) is 17.3 Å². The van der Waals surface area contributed by atoms with Crippen LogP contribution in [-0.2, 0) is 11.3 Å². The molecule has 3 rings (SSSR count). The first kappa shape index (κ1) is 23.5. The largest absolute Gasteiger partial charge is 0.365 e. The minimum absolute atomic E-state index is 0.158. The number of thiophene rings is 1. The second kappa shape index (κ2) is 12.0. The van der Waals surface area contributed by atoms with Gasteiger partial charge in [0.2, 0.25) is 5.91 Å². The fourth-order valence-electron chi connectivity index (χ4n) is 3.81. The lowest BCUT2D eigenvalue weighted by atomic mass is 9.84. The molecule has 1 saturated carbocycles. The van der Waals surface area contributed by atoms with E-state index < -0.39 is 6.04 Å². The van der Waals surface area contributed by atoms with E-state index in [1.807, 2.05) is 6.07 Å². The molecule has 0 unspecified atom stereocenters. The predicted molar refractivity (Wildman–Crippen MR) is 125 cm³/mol. The molecule has 9 heteroatoms. The highest BCUT2D eigenvalue weighted by Gasteiger charge is 2.26. The first-order valence-electron chi connectivity index (χ1n) is 10.8. The summed E-state index contributed by atoms with van der Waals surface area (Å²) in [5.41, 5.74) is 5.52. The lowest BCUT2D eigenvalue weighted by molar-refractivity contribution is -0.123. The summed E-state index contributed by atoms with van der Waals surface area (Å²) in [6.07, 6.45) is 8.18. The molecule has 2 aromatic rings. The first-order chi connectivity index (χ1) is 15.0. The standard InChI is InChI=1S/C22H30ClN5O2S/c23-16-8-10-25-20(13-16)27-14-17-6-7-19(31-17)22(30)28-18(21(29)26-11-9-24)12-15-4-2-1-3-5-15/h6-8,10,13,15,18H,1-5,9,11-12,14,24H2,(H,25,27)(H,26,29)(H,28,30)/t18-/m0/s1. The third-order valence-corrected chi connectivity index (χ3v) is 6.73. The van der Waals surface area contributed by atoms with Gasteiger partial charge in [-0.2, -0.15) is 0 Å². The van der Waals surface area contributed by atoms with Crippen molar-refractivity contribution in [1.29, 1.82) is 0 Å². The van der Waals surface area contributed by atoms with Crippen LogP contribution >= 0.6 is 22.9 Å². The maximum atomic E-state index is 12.9. The number of pyridine rings is 1. The number of halogens is 1. The summed E-state index contributed by atoms with van der Waals surface area (Å²) in [6.45, 7) is 1.31. The van der Waals surface area contributed by atoms with Crippen LogP contribution in [0, 0.1) is 5.92 Å². The fourth-order valence-corrected chi connectivity index (χ4v) is 4.82. The summed E-state index contributed by atoms with van der Waals surface area (Å²) in [4.78, 5) is 31.3. The van der Waals surface area contributed by atoms with Crippen molar-refractivity contribution in [2.75, 3.05) is 18.4 Å². The third-order valence-electron chi connectivity index (χ3n) is 5.41. The molecular weight excluding hydrogens is 434 g/mol. The topological polar surface area (TPSA) is 109 Å². The fraction of sp³-hybridized carbons (Fsp3) is 0.500. The molecule has 0 radical (unpaired) electrons. The highest BCUT2D eigenvalue weighted by atomic mass is 35.5. The molecule has 0 bridgehead atoms. The van der Waals surface area contributed by atoms with Gasteiger partial charge in [0.15, 0.2) is 0 Å². The Morgan fingerprint density at radius 2 is 2.03 bits per heavy atom. The number of nitrogens with two attached hydrogens (primary N) is 1. The quantitative estimate of drug-likeness (QED) is 0.430. The number of carbonyl (C=O) groups excluding carboxylic acids is 2. The Morgan fingerprint density at radius 3 is 2.77 bits per heavy atom. The number of nitrogens with zero attached hydrogens (tertiary/aromatic N) is 1. The maximum absolute atomic E-state index is 12.9. The first-order valence-corrected chi connectivity index (χ1v) is 12.0. The molecular formula is C22H30ClN5O2S. The van der Waals surface area contributed by atoms with Crippen molar-refractivity contribution in [3.8, 4) is 0 Å². The monoisotopic (exact) mass is 463 g/mol. The summed E-state index contributed by atoms with van der Waals surface area (Å²) in [7, 11) is 0. The van der Waals surface area contributed by atoms with Crippen LogP contribution in [0.15, 0.2) is 30.5 Å². The Kier molecular flexibility index (Phi) is 9.12. The number of amides is 2. The van der Waals surface area contributed by atoms with Gasteiger partial charge < -0.3 is 21.7 Å². The number of carbonyl (C=O) groups is 2. The van der Waals surface area contributed by atoms with Gasteiger partial charge >= 0.3 is 0 Å². The second-order valence-electron chi connectivity index (χ2n) is 7.82. The van der Waals surface area contributed by atoms with Crippen molar-refractivity contribution >= 4 is 40.6 Å². The van der Waals surface area contributed by atoms with Gasteiger partial charge in [-0.15, -0.1) is 11.3 Å². The molecule has 1 aliphatic rings. The normalized spacial score (nSPS) is 15.3. The minimum Gasteiger partial charge on any atom is -0.365 e. The van der Waals surface area contributed by atoms with E-state index in [-0.39, 0.29) is 11.8 Å². The highest BCUT2D eigenvalue weighted by Crippen LogP contribution is 2.28. The summed E-state index contributed by atoms with van der Waals surface area (Å²) in [6, 6.07) is 6.62. The molecule has 0 aliphatic heterocycles. The molecule has 5 N–H and O–H groups in total. The smallest absolute Gasteiger partial charge is 0.262 e. The van der Waals surface area contributed by atoms with Gasteiger partial charge in [-0.05, 0) is 36.6 Å². The lowest BCUT2D eigenvalue weighted by Gasteiger charge is -2.26. The molecule has 7 nitrogen and oxygen atoms in total. The van der Waals surface area contributed by atoms with Crippen LogP contribution in [0.1, 0.15) is 53.1 Å². The number of hydrogen-bond acceptors (Lipinski definition) is 6. The second-order valence-corrected chi connectivity index (χ2v) is 9.43. The van der Waals surface area contributed by atoms with Crippen LogP contribution in [0.3, 0.4) is 0 Å². The average molecular weight is 464 g/mol. The van der Waals surface area contributed by atoms with Crippen LogP contribution in [-0.4, -0.2) is 35.9 Å². The maximum Gasteiger partial charge on any atom is 0.262 e. The van der Waals surface area contributed by atoms with E-state index in [9.17, 15) is 9.59 Å². The zero-order valence-electron chi connectivity index (χ0n) is 17.5. The molecule has 1 aliphatic carbocycles. The van der Waals surface area contributed by atoms with Gasteiger partial charge in [-0.3, -0.25) is 9.59 Å². The van der Waals surface area contributed by atoms with Crippen molar-refractivity contribution in [3.63, 3.8) is 0 Å². The molecule has 1 fully saturated rings. The number of hydrogen-bond donors (Lipinski definition) is 4. The van der Waals surface area contributed by atoms with Crippen LogP contribution in [0.25, 0.3) is 0 Å². The van der Waals surface area contributed by atoms with Crippen LogP contribution in [0.2, 0.25) is 5.02 Å². The van der Waals surface area contributed by atoms with E-state index in [1.165, 1.54) is 30.6 Å². The molecule has 2 heterocycles. The van der Waals surface area contributed by atoms with Crippen molar-refractivity contribution in [2.24, 2.45) is 11.7 Å². The predicted octanol–water partition coefficient (Wildman–Crippen LogP) is 3.55. The van der Waals surface area contributed by atoms with Crippen molar-refractivity contribution in [1.82, 2.24) is 15.6 Å². The van der Waals surface area contributed by atoms with Gasteiger partial charge in [-0.1, -0.05) is 43.7 Å². The van der Waals surface area contributed by atoms with E-state index in [0.717, 1.165) is 17.7 Å². The molecule has 0 aromatic carbocycles. The number of nitrogens with one attached hydrogen (secondary N) is 3. The summed E-state index contributed by atoms with van der Waals surface area (Å²) >= 11 is 7.37. The molecule has 0 saturated heterocycles. The molecule has 0 spiro atoms. The Labute approximate surface area is 192 Å². The number of anilines is 1. The van der Waals surface area contributed by atoms with E-state index in [2.05, 4.69) is 20.9 Å².